The molecule has 0 spiro atoms. The highest BCUT2D eigenvalue weighted by Crippen LogP contribution is 2.55. The van der Waals surface area contributed by atoms with E-state index >= 15 is 0 Å². The van der Waals surface area contributed by atoms with Gasteiger partial charge in [-0.05, 0) is 132 Å². The first-order valence-electron chi connectivity index (χ1n) is 18.6. The van der Waals surface area contributed by atoms with Crippen molar-refractivity contribution in [2.24, 2.45) is 11.8 Å². The molecular weight excluding hydrogens is 777 g/mol. The van der Waals surface area contributed by atoms with Gasteiger partial charge in [0.2, 0.25) is 5.78 Å². The third kappa shape index (κ3) is 9.88. The van der Waals surface area contributed by atoms with Gasteiger partial charge in [-0.25, -0.2) is 14.5 Å². The van der Waals surface area contributed by atoms with Crippen molar-refractivity contribution in [2.45, 2.75) is 97.0 Å². The quantitative estimate of drug-likeness (QED) is 0.0866. The maximum atomic E-state index is 14.1. The number of nitrogens with zero attached hydrogens (tertiary/aromatic N) is 2. The van der Waals surface area contributed by atoms with Crippen molar-refractivity contribution < 1.29 is 42.7 Å². The Bertz CT molecular complexity index is 2090. The second kappa shape index (κ2) is 16.7. The fourth-order valence-corrected chi connectivity index (χ4v) is 10.6. The number of fused-ring (bicyclic) bond motifs is 1. The maximum absolute atomic E-state index is 14.1. The summed E-state index contributed by atoms with van der Waals surface area (Å²) in [5.41, 5.74) is 2.18. The third-order valence-corrected chi connectivity index (χ3v) is 13.0. The largest absolute Gasteiger partial charge is 0.531 e. The molecule has 3 heterocycles. The van der Waals surface area contributed by atoms with Crippen LogP contribution in [-0.2, 0) is 29.6 Å². The predicted molar refractivity (Wildman–Crippen MR) is 215 cm³/mol. The Labute approximate surface area is 336 Å². The summed E-state index contributed by atoms with van der Waals surface area (Å²) in [6.07, 6.45) is 4.12. The number of halogens is 1. The molecule has 1 aliphatic carbocycles. The summed E-state index contributed by atoms with van der Waals surface area (Å²) in [7, 11) is -4.07. The summed E-state index contributed by atoms with van der Waals surface area (Å²) >= 11 is 7.72. The number of anilines is 1. The number of aryl methyl sites for hydroxylation is 1. The van der Waals surface area contributed by atoms with E-state index < -0.39 is 36.8 Å². The van der Waals surface area contributed by atoms with E-state index in [9.17, 15) is 24.4 Å². The molecule has 2 aromatic heterocycles. The number of thiophene rings is 1. The van der Waals surface area contributed by atoms with Gasteiger partial charge in [-0.2, -0.15) is 0 Å². The number of hydrogen-bond donors (Lipinski definition) is 3. The number of hydrogen-bond acceptors (Lipinski definition) is 12. The van der Waals surface area contributed by atoms with Crippen LogP contribution in [-0.4, -0.2) is 62.4 Å². The number of carboxylic acid groups (broad SMARTS) is 1. The van der Waals surface area contributed by atoms with Gasteiger partial charge in [-0.15, -0.1) is 11.3 Å². The number of carboxylic acids is 1. The lowest BCUT2D eigenvalue weighted by atomic mass is 9.80. The zero-order chi connectivity index (χ0) is 40.6. The van der Waals surface area contributed by atoms with Crippen LogP contribution in [0.25, 0.3) is 0 Å². The molecule has 1 unspecified atom stereocenters. The smallest absolute Gasteiger partial charge is 0.481 e. The molecule has 0 saturated heterocycles. The number of phosphoric ester groups is 1. The van der Waals surface area contributed by atoms with Gasteiger partial charge in [0.15, 0.2) is 0 Å². The molecule has 0 radical (unpaired) electrons. The van der Waals surface area contributed by atoms with E-state index in [1.807, 2.05) is 31.2 Å². The van der Waals surface area contributed by atoms with Gasteiger partial charge in [0, 0.05) is 28.7 Å². The van der Waals surface area contributed by atoms with E-state index in [4.69, 9.17) is 29.9 Å². The van der Waals surface area contributed by atoms with Crippen LogP contribution in [0.5, 0.6) is 5.75 Å². The Morgan fingerprint density at radius 3 is 2.38 bits per heavy atom. The summed E-state index contributed by atoms with van der Waals surface area (Å²) in [6, 6.07) is 13.7. The Kier molecular flexibility index (Phi) is 12.5. The zero-order valence-corrected chi connectivity index (χ0v) is 35.0. The van der Waals surface area contributed by atoms with Crippen molar-refractivity contribution in [1.82, 2.24) is 9.97 Å². The Balaban J connectivity index is 1.19. The van der Waals surface area contributed by atoms with Crippen LogP contribution in [0.2, 0.25) is 5.02 Å². The number of carbonyl (C=O) groups excluding carboxylic acids is 1. The normalized spacial score (nSPS) is 20.7. The fourth-order valence-electron chi connectivity index (χ4n) is 7.53. The number of ketones is 1. The highest BCUT2D eigenvalue weighted by Gasteiger charge is 2.43. The minimum Gasteiger partial charge on any atom is -0.481 e. The van der Waals surface area contributed by atoms with Gasteiger partial charge in [-0.3, -0.25) is 18.6 Å². The van der Waals surface area contributed by atoms with E-state index in [1.165, 1.54) is 29.4 Å². The van der Waals surface area contributed by atoms with E-state index in [-0.39, 0.29) is 41.8 Å². The first kappa shape index (κ1) is 41.9. The number of aromatic nitrogens is 2. The number of rotatable bonds is 13. The van der Waals surface area contributed by atoms with Crippen molar-refractivity contribution in [3.05, 3.63) is 104 Å². The Hall–Kier alpha value is -3.68. The maximum Gasteiger partial charge on any atom is 0.531 e. The number of benzene rings is 2. The summed E-state index contributed by atoms with van der Waals surface area (Å²) in [5, 5.41) is 25.0. The molecule has 15 heteroatoms. The number of nitrogens with one attached hydrogen (secondary N) is 1. The molecule has 6 rings (SSSR count). The second-order valence-electron chi connectivity index (χ2n) is 16.3. The summed E-state index contributed by atoms with van der Waals surface area (Å²) in [5.74, 6) is -2.57. The molecule has 56 heavy (non-hydrogen) atoms. The molecule has 2 aliphatic rings. The third-order valence-electron chi connectivity index (χ3n) is 9.71. The monoisotopic (exact) mass is 825 g/mol. The van der Waals surface area contributed by atoms with Crippen molar-refractivity contribution in [3.8, 4) is 5.75 Å². The number of aliphatic hydroxyl groups excluding tert-OH is 1. The van der Waals surface area contributed by atoms with Gasteiger partial charge in [0.1, 0.15) is 24.0 Å². The summed E-state index contributed by atoms with van der Waals surface area (Å²) in [4.78, 5) is 37.0. The Morgan fingerprint density at radius 2 is 1.73 bits per heavy atom. The minimum atomic E-state index is -4.07. The van der Waals surface area contributed by atoms with E-state index in [2.05, 4.69) is 15.3 Å². The zero-order valence-electron chi connectivity index (χ0n) is 32.6. The molecule has 1 aliphatic heterocycles. The standard InChI is InChI=1S/C41H49ClN3O9PS/c1-23-30(37-32-17-27(42)11-8-24(32)14-15-51-37)19-34(56-23)36(47)33-20-43-22-44-38(33)45-28-16-26(21-46)31(18-28)35(39(48)49)25-9-12-29(13-10-25)52-55(50,53-40(2,3)4)54-41(5,6)7/h8-13,17,19-20,22,26,28,31,35,37,46H,14-16,18,21H2,1-7H3,(H,48,49)(H,43,44,45)/t26-,28-,31-,35?,37-/m0/s1. The highest BCUT2D eigenvalue weighted by atomic mass is 35.5. The molecule has 3 N–H and O–H groups in total. The van der Waals surface area contributed by atoms with Crippen molar-refractivity contribution in [1.29, 1.82) is 0 Å². The number of aliphatic carboxylic acids is 1. The van der Waals surface area contributed by atoms with Crippen molar-refractivity contribution >= 4 is 48.3 Å². The topological polar surface area (TPSA) is 166 Å². The van der Waals surface area contributed by atoms with Gasteiger partial charge in [0.05, 0.1) is 34.2 Å². The lowest BCUT2D eigenvalue weighted by Crippen LogP contribution is -2.26. The highest BCUT2D eigenvalue weighted by molar-refractivity contribution is 7.49. The molecule has 1 saturated carbocycles. The van der Waals surface area contributed by atoms with Crippen molar-refractivity contribution in [3.63, 3.8) is 0 Å². The minimum absolute atomic E-state index is 0.189. The molecule has 300 valence electrons. The summed E-state index contributed by atoms with van der Waals surface area (Å²) in [6.45, 7) is 12.7. The van der Waals surface area contributed by atoms with Crippen LogP contribution in [0.1, 0.15) is 109 Å². The molecule has 12 nitrogen and oxygen atoms in total. The van der Waals surface area contributed by atoms with Crippen LogP contribution in [0.4, 0.5) is 5.82 Å². The molecular formula is C41H49ClN3O9PS. The number of phosphoric acid groups is 1. The molecule has 5 atom stereocenters. The van der Waals surface area contributed by atoms with Gasteiger partial charge >= 0.3 is 13.8 Å². The van der Waals surface area contributed by atoms with Crippen LogP contribution in [0.3, 0.4) is 0 Å². The van der Waals surface area contributed by atoms with E-state index in [1.54, 1.807) is 65.8 Å². The number of carbonyl (C=O) groups is 2. The van der Waals surface area contributed by atoms with Crippen LogP contribution in [0.15, 0.2) is 61.1 Å². The fraction of sp³-hybridized carbons (Fsp3) is 0.463. The SMILES string of the molecule is Cc1sc(C(=O)c2cncnc2N[C@H]2C[C@@H](CO)[C@@H](C(C(=O)O)c3ccc(OP(=O)(OC(C)(C)C)OC(C)(C)C)cc3)C2)cc1[C@@H]1OCCc2ccc(Cl)cc21. The van der Waals surface area contributed by atoms with Crippen LogP contribution >= 0.6 is 30.8 Å². The average Bonchev–Trinajstić information content (AvgIpc) is 3.69. The first-order chi connectivity index (χ1) is 26.3. The molecule has 2 aromatic carbocycles. The molecule has 0 bridgehead atoms. The molecule has 4 aromatic rings. The second-order valence-corrected chi connectivity index (χ2v) is 19.5. The summed E-state index contributed by atoms with van der Waals surface area (Å²) < 4.78 is 37.1. The van der Waals surface area contributed by atoms with E-state index in [0.717, 1.165) is 22.4 Å². The Morgan fingerprint density at radius 1 is 1.04 bits per heavy atom. The average molecular weight is 826 g/mol. The molecule has 0 amide bonds. The van der Waals surface area contributed by atoms with E-state index in [0.29, 0.717) is 40.7 Å². The number of aliphatic hydroxyl groups is 1. The first-order valence-corrected chi connectivity index (χ1v) is 21.2. The van der Waals surface area contributed by atoms with Crippen LogP contribution in [0, 0.1) is 18.8 Å². The van der Waals surface area contributed by atoms with Gasteiger partial charge in [-0.1, -0.05) is 29.8 Å². The van der Waals surface area contributed by atoms with Gasteiger partial charge < -0.3 is 24.8 Å². The van der Waals surface area contributed by atoms with Gasteiger partial charge in [0.25, 0.3) is 0 Å². The van der Waals surface area contributed by atoms with Crippen LogP contribution < -0.4 is 9.84 Å². The van der Waals surface area contributed by atoms with Crippen molar-refractivity contribution in [2.75, 3.05) is 18.5 Å². The number of ether oxygens (including phenoxy) is 1. The lowest BCUT2D eigenvalue weighted by Gasteiger charge is -2.31. The molecule has 1 fully saturated rings. The predicted octanol–water partition coefficient (Wildman–Crippen LogP) is 9.18. The lowest BCUT2D eigenvalue weighted by molar-refractivity contribution is -0.140.